The van der Waals surface area contributed by atoms with Crippen molar-refractivity contribution in [3.8, 4) is 5.75 Å². The monoisotopic (exact) mass is 339 g/mol. The molecule has 0 spiro atoms. The molecule has 5 heteroatoms. The summed E-state index contributed by atoms with van der Waals surface area (Å²) in [5, 5.41) is 2.85. The van der Waals surface area contributed by atoms with E-state index in [1.807, 2.05) is 24.3 Å². The van der Waals surface area contributed by atoms with Crippen molar-refractivity contribution in [2.24, 2.45) is 5.92 Å². The molecule has 1 aromatic carbocycles. The van der Waals surface area contributed by atoms with Crippen LogP contribution in [-0.2, 0) is 6.54 Å². The van der Waals surface area contributed by atoms with Gasteiger partial charge in [-0.25, -0.2) is 0 Å². The second-order valence-electron chi connectivity index (χ2n) is 6.83. The molecule has 1 aliphatic rings. The van der Waals surface area contributed by atoms with Gasteiger partial charge in [0.2, 0.25) is 0 Å². The first kappa shape index (κ1) is 17.4. The zero-order valence-corrected chi connectivity index (χ0v) is 14.9. The topological polar surface area (TPSA) is 54.5 Å². The van der Waals surface area contributed by atoms with Crippen molar-refractivity contribution in [3.05, 3.63) is 53.9 Å². The molecular formula is C20H25N3O2. The number of carbonyl (C=O) groups excluding carboxylic acids is 1. The van der Waals surface area contributed by atoms with Crippen molar-refractivity contribution < 1.29 is 9.53 Å². The summed E-state index contributed by atoms with van der Waals surface area (Å²) in [5.74, 6) is 1.35. The van der Waals surface area contributed by atoms with E-state index >= 15 is 0 Å². The van der Waals surface area contributed by atoms with E-state index in [-0.39, 0.29) is 5.91 Å². The molecule has 1 aliphatic heterocycles. The number of aromatic nitrogens is 1. The summed E-state index contributed by atoms with van der Waals surface area (Å²) in [6.07, 6.45) is 4.49. The number of pyridine rings is 1. The Morgan fingerprint density at radius 3 is 3.00 bits per heavy atom. The number of nitrogens with zero attached hydrogens (tertiary/aromatic N) is 2. The van der Waals surface area contributed by atoms with Crippen molar-refractivity contribution in [1.82, 2.24) is 9.88 Å². The van der Waals surface area contributed by atoms with Gasteiger partial charge in [0.15, 0.2) is 0 Å². The SMILES string of the molecule is CC(C)CCN1CCOc2cc(C(=O)Nc3cccnc3)ccc2C1. The molecule has 5 nitrogen and oxygen atoms in total. The average molecular weight is 339 g/mol. The third kappa shape index (κ3) is 4.79. The quantitative estimate of drug-likeness (QED) is 0.905. The molecule has 0 saturated carbocycles. The van der Waals surface area contributed by atoms with Crippen LogP contribution in [0.1, 0.15) is 36.2 Å². The van der Waals surface area contributed by atoms with Crippen LogP contribution in [-0.4, -0.2) is 35.5 Å². The van der Waals surface area contributed by atoms with E-state index in [9.17, 15) is 4.79 Å². The first-order valence-electron chi connectivity index (χ1n) is 8.81. The van der Waals surface area contributed by atoms with E-state index in [1.165, 1.54) is 6.42 Å². The van der Waals surface area contributed by atoms with Crippen LogP contribution in [0, 0.1) is 5.92 Å². The molecule has 0 aliphatic carbocycles. The first-order chi connectivity index (χ1) is 12.1. The minimum Gasteiger partial charge on any atom is -0.492 e. The first-order valence-corrected chi connectivity index (χ1v) is 8.81. The van der Waals surface area contributed by atoms with Gasteiger partial charge in [-0.3, -0.25) is 14.7 Å². The minimum atomic E-state index is -0.152. The fraction of sp³-hybridized carbons (Fsp3) is 0.400. The molecule has 0 fully saturated rings. The number of amides is 1. The molecule has 0 bridgehead atoms. The maximum Gasteiger partial charge on any atom is 0.255 e. The number of fused-ring (bicyclic) bond motifs is 1. The predicted molar refractivity (Wildman–Crippen MR) is 98.9 cm³/mol. The number of benzene rings is 1. The molecule has 2 heterocycles. The molecule has 1 N–H and O–H groups in total. The van der Waals surface area contributed by atoms with Crippen LogP contribution in [0.2, 0.25) is 0 Å². The minimum absolute atomic E-state index is 0.152. The molecule has 3 rings (SSSR count). The Labute approximate surface area is 149 Å². The van der Waals surface area contributed by atoms with Gasteiger partial charge in [0.25, 0.3) is 5.91 Å². The predicted octanol–water partition coefficient (Wildman–Crippen LogP) is 3.57. The molecule has 0 unspecified atom stereocenters. The average Bonchev–Trinajstić information content (AvgIpc) is 2.82. The van der Waals surface area contributed by atoms with Gasteiger partial charge in [-0.1, -0.05) is 19.9 Å². The van der Waals surface area contributed by atoms with Crippen LogP contribution in [0.3, 0.4) is 0 Å². The summed E-state index contributed by atoms with van der Waals surface area (Å²) in [6, 6.07) is 9.31. The second-order valence-corrected chi connectivity index (χ2v) is 6.83. The third-order valence-corrected chi connectivity index (χ3v) is 4.33. The highest BCUT2D eigenvalue weighted by atomic mass is 16.5. The Morgan fingerprint density at radius 1 is 1.36 bits per heavy atom. The van der Waals surface area contributed by atoms with Gasteiger partial charge in [0.05, 0.1) is 11.9 Å². The molecule has 132 valence electrons. The van der Waals surface area contributed by atoms with Crippen LogP contribution in [0.15, 0.2) is 42.7 Å². The highest BCUT2D eigenvalue weighted by Gasteiger charge is 2.17. The summed E-state index contributed by atoms with van der Waals surface area (Å²) in [7, 11) is 0. The van der Waals surface area contributed by atoms with Gasteiger partial charge in [-0.05, 0) is 43.1 Å². The number of hydrogen-bond donors (Lipinski definition) is 1. The lowest BCUT2D eigenvalue weighted by atomic mass is 10.1. The highest BCUT2D eigenvalue weighted by molar-refractivity contribution is 6.04. The van der Waals surface area contributed by atoms with Crippen molar-refractivity contribution in [2.45, 2.75) is 26.8 Å². The van der Waals surface area contributed by atoms with Gasteiger partial charge in [-0.15, -0.1) is 0 Å². The molecule has 25 heavy (non-hydrogen) atoms. The van der Waals surface area contributed by atoms with Crippen LogP contribution >= 0.6 is 0 Å². The highest BCUT2D eigenvalue weighted by Crippen LogP contribution is 2.25. The number of rotatable bonds is 5. The van der Waals surface area contributed by atoms with Crippen LogP contribution in [0.25, 0.3) is 0 Å². The normalized spacial score (nSPS) is 14.5. The summed E-state index contributed by atoms with van der Waals surface area (Å²) in [4.78, 5) is 18.8. The van der Waals surface area contributed by atoms with Crippen molar-refractivity contribution >= 4 is 11.6 Å². The lowest BCUT2D eigenvalue weighted by molar-refractivity contribution is 0.102. The Bertz CT molecular complexity index is 716. The maximum atomic E-state index is 12.4. The van der Waals surface area contributed by atoms with E-state index in [4.69, 9.17) is 4.74 Å². The van der Waals surface area contributed by atoms with E-state index in [2.05, 4.69) is 29.0 Å². The van der Waals surface area contributed by atoms with Crippen LogP contribution in [0.4, 0.5) is 5.69 Å². The Balaban J connectivity index is 1.69. The summed E-state index contributed by atoms with van der Waals surface area (Å²) >= 11 is 0. The molecule has 0 atom stereocenters. The standard InChI is InChI=1S/C20H25N3O2/c1-15(2)7-9-23-10-11-25-19-12-16(5-6-17(19)14-23)20(24)22-18-4-3-8-21-13-18/h3-6,8,12-13,15H,7,9-11,14H2,1-2H3,(H,22,24). The lowest BCUT2D eigenvalue weighted by Crippen LogP contribution is -2.27. The Morgan fingerprint density at radius 2 is 2.24 bits per heavy atom. The second kappa shape index (κ2) is 8.12. The largest absolute Gasteiger partial charge is 0.492 e. The van der Waals surface area contributed by atoms with Gasteiger partial charge in [0, 0.05) is 30.4 Å². The van der Waals surface area contributed by atoms with Gasteiger partial charge >= 0.3 is 0 Å². The molecular weight excluding hydrogens is 314 g/mol. The lowest BCUT2D eigenvalue weighted by Gasteiger charge is -2.20. The fourth-order valence-corrected chi connectivity index (χ4v) is 2.84. The van der Waals surface area contributed by atoms with E-state index in [0.717, 1.165) is 30.9 Å². The van der Waals surface area contributed by atoms with E-state index in [1.54, 1.807) is 18.5 Å². The summed E-state index contributed by atoms with van der Waals surface area (Å²) < 4.78 is 5.89. The van der Waals surface area contributed by atoms with Crippen molar-refractivity contribution in [3.63, 3.8) is 0 Å². The number of ether oxygens (including phenoxy) is 1. The number of nitrogens with one attached hydrogen (secondary N) is 1. The zero-order chi connectivity index (χ0) is 17.6. The van der Waals surface area contributed by atoms with Gasteiger partial charge < -0.3 is 10.1 Å². The van der Waals surface area contributed by atoms with Gasteiger partial charge in [0.1, 0.15) is 12.4 Å². The number of anilines is 1. The molecule has 1 aromatic heterocycles. The Hall–Kier alpha value is -2.40. The van der Waals surface area contributed by atoms with Crippen molar-refractivity contribution in [2.75, 3.05) is 25.0 Å². The Kier molecular flexibility index (Phi) is 5.66. The maximum absolute atomic E-state index is 12.4. The zero-order valence-electron chi connectivity index (χ0n) is 14.9. The fourth-order valence-electron chi connectivity index (χ4n) is 2.84. The van der Waals surface area contributed by atoms with Crippen LogP contribution < -0.4 is 10.1 Å². The van der Waals surface area contributed by atoms with Crippen LogP contribution in [0.5, 0.6) is 5.75 Å². The van der Waals surface area contributed by atoms with E-state index < -0.39 is 0 Å². The number of hydrogen-bond acceptors (Lipinski definition) is 4. The molecule has 0 saturated heterocycles. The van der Waals surface area contributed by atoms with Gasteiger partial charge in [-0.2, -0.15) is 0 Å². The molecule has 2 aromatic rings. The third-order valence-electron chi connectivity index (χ3n) is 4.33. The van der Waals surface area contributed by atoms with Crippen molar-refractivity contribution in [1.29, 1.82) is 0 Å². The molecule has 1 amide bonds. The van der Waals surface area contributed by atoms with E-state index in [0.29, 0.717) is 23.8 Å². The summed E-state index contributed by atoms with van der Waals surface area (Å²) in [6.45, 7) is 8.00. The summed E-state index contributed by atoms with van der Waals surface area (Å²) in [5.41, 5.74) is 2.42. The molecule has 0 radical (unpaired) electrons. The smallest absolute Gasteiger partial charge is 0.255 e. The number of carbonyl (C=O) groups is 1.